The molecule has 5 nitrogen and oxygen atoms in total. The summed E-state index contributed by atoms with van der Waals surface area (Å²) in [6.45, 7) is 2.38. The zero-order valence-corrected chi connectivity index (χ0v) is 11.6. The second-order valence-corrected chi connectivity index (χ2v) is 5.82. The average Bonchev–Trinajstić information content (AvgIpc) is 3.11. The van der Waals surface area contributed by atoms with Crippen LogP contribution in [0.2, 0.25) is 0 Å². The van der Waals surface area contributed by atoms with Gasteiger partial charge in [-0.2, -0.15) is 0 Å². The summed E-state index contributed by atoms with van der Waals surface area (Å²) in [5.74, 6) is 0.770. The van der Waals surface area contributed by atoms with Crippen LogP contribution in [0.15, 0.2) is 12.4 Å². The first-order valence-electron chi connectivity index (χ1n) is 6.53. The molecule has 2 aromatic rings. The van der Waals surface area contributed by atoms with E-state index >= 15 is 0 Å². The predicted octanol–water partition coefficient (Wildman–Crippen LogP) is 1.94. The Morgan fingerprint density at radius 3 is 3.05 bits per heavy atom. The van der Waals surface area contributed by atoms with E-state index in [1.54, 1.807) is 17.7 Å². The lowest BCUT2D eigenvalue weighted by Gasteiger charge is -2.06. The van der Waals surface area contributed by atoms with Crippen molar-refractivity contribution < 1.29 is 4.79 Å². The highest BCUT2D eigenvalue weighted by molar-refractivity contribution is 7.18. The fourth-order valence-electron chi connectivity index (χ4n) is 1.89. The molecule has 1 aliphatic carbocycles. The minimum atomic E-state index is 0.0280. The van der Waals surface area contributed by atoms with Gasteiger partial charge >= 0.3 is 0 Å². The number of hydrogen-bond donors (Lipinski definition) is 2. The number of fused-ring (bicyclic) bond motifs is 1. The maximum atomic E-state index is 11.6. The second kappa shape index (κ2) is 5.13. The van der Waals surface area contributed by atoms with Gasteiger partial charge in [0, 0.05) is 10.9 Å². The number of aromatic nitrogens is 2. The van der Waals surface area contributed by atoms with Crippen molar-refractivity contribution in [1.29, 1.82) is 0 Å². The summed E-state index contributed by atoms with van der Waals surface area (Å²) in [5.41, 5.74) is 0. The van der Waals surface area contributed by atoms with Gasteiger partial charge in [-0.05, 0) is 25.3 Å². The van der Waals surface area contributed by atoms with Crippen molar-refractivity contribution in [3.8, 4) is 0 Å². The van der Waals surface area contributed by atoms with Crippen LogP contribution in [0, 0.1) is 0 Å². The third kappa shape index (κ3) is 2.84. The van der Waals surface area contributed by atoms with Crippen LogP contribution in [-0.2, 0) is 11.2 Å². The van der Waals surface area contributed by atoms with E-state index in [1.807, 2.05) is 0 Å². The number of rotatable bonds is 5. The van der Waals surface area contributed by atoms with Crippen LogP contribution in [0.25, 0.3) is 10.2 Å². The molecule has 0 bridgehead atoms. The van der Waals surface area contributed by atoms with Gasteiger partial charge in [-0.3, -0.25) is 4.79 Å². The Morgan fingerprint density at radius 2 is 2.32 bits per heavy atom. The molecule has 0 saturated heterocycles. The molecule has 0 atom stereocenters. The molecule has 0 spiro atoms. The fourth-order valence-corrected chi connectivity index (χ4v) is 2.83. The van der Waals surface area contributed by atoms with E-state index in [0.29, 0.717) is 6.04 Å². The summed E-state index contributed by atoms with van der Waals surface area (Å²) in [7, 11) is 0. The molecule has 3 rings (SSSR count). The first kappa shape index (κ1) is 12.3. The van der Waals surface area contributed by atoms with Gasteiger partial charge in [0.25, 0.3) is 0 Å². The van der Waals surface area contributed by atoms with Crippen molar-refractivity contribution >= 4 is 33.3 Å². The summed E-state index contributed by atoms with van der Waals surface area (Å²) in [6.07, 6.45) is 4.74. The molecule has 1 amide bonds. The van der Waals surface area contributed by atoms with E-state index < -0.39 is 0 Å². The summed E-state index contributed by atoms with van der Waals surface area (Å²) < 4.78 is 0. The Hall–Kier alpha value is -1.69. The third-order valence-corrected chi connectivity index (χ3v) is 4.28. The number of amides is 1. The molecule has 0 radical (unpaired) electrons. The standard InChI is InChI=1S/C13H16N4OS/c1-2-9-5-10-12(15-7-16-13(10)19-9)14-6-11(18)17-8-3-4-8/h5,7-8H,2-4,6H2,1H3,(H,17,18)(H,14,15,16). The molecule has 0 aromatic carbocycles. The average molecular weight is 276 g/mol. The smallest absolute Gasteiger partial charge is 0.239 e. The van der Waals surface area contributed by atoms with Gasteiger partial charge in [-0.15, -0.1) is 11.3 Å². The number of nitrogens with one attached hydrogen (secondary N) is 2. The maximum absolute atomic E-state index is 11.6. The normalized spacial score (nSPS) is 14.6. The van der Waals surface area contributed by atoms with Gasteiger partial charge in [-0.25, -0.2) is 9.97 Å². The van der Waals surface area contributed by atoms with Gasteiger partial charge < -0.3 is 10.6 Å². The molecule has 19 heavy (non-hydrogen) atoms. The van der Waals surface area contributed by atoms with E-state index in [4.69, 9.17) is 0 Å². The number of nitrogens with zero attached hydrogens (tertiary/aromatic N) is 2. The molecule has 2 heterocycles. The highest BCUT2D eigenvalue weighted by Gasteiger charge is 2.23. The quantitative estimate of drug-likeness (QED) is 0.876. The number of aryl methyl sites for hydroxylation is 1. The minimum absolute atomic E-state index is 0.0280. The summed E-state index contributed by atoms with van der Waals surface area (Å²) in [6, 6.07) is 2.49. The molecular formula is C13H16N4OS. The van der Waals surface area contributed by atoms with Crippen LogP contribution in [0.1, 0.15) is 24.6 Å². The topological polar surface area (TPSA) is 66.9 Å². The molecule has 0 aliphatic heterocycles. The van der Waals surface area contributed by atoms with Crippen molar-refractivity contribution in [2.24, 2.45) is 0 Å². The van der Waals surface area contributed by atoms with Crippen molar-refractivity contribution in [2.45, 2.75) is 32.2 Å². The highest BCUT2D eigenvalue weighted by Crippen LogP contribution is 2.28. The van der Waals surface area contributed by atoms with Gasteiger partial charge in [0.1, 0.15) is 17.0 Å². The van der Waals surface area contributed by atoms with Crippen molar-refractivity contribution in [3.05, 3.63) is 17.3 Å². The van der Waals surface area contributed by atoms with Gasteiger partial charge in [0.15, 0.2) is 0 Å². The van der Waals surface area contributed by atoms with Crippen molar-refractivity contribution in [2.75, 3.05) is 11.9 Å². The van der Waals surface area contributed by atoms with Crippen LogP contribution >= 0.6 is 11.3 Å². The molecular weight excluding hydrogens is 260 g/mol. The van der Waals surface area contributed by atoms with Crippen molar-refractivity contribution in [1.82, 2.24) is 15.3 Å². The Bertz CT molecular complexity index is 606. The Labute approximate surface area is 115 Å². The Balaban J connectivity index is 1.72. The lowest BCUT2D eigenvalue weighted by molar-refractivity contribution is -0.119. The first-order valence-corrected chi connectivity index (χ1v) is 7.34. The van der Waals surface area contributed by atoms with Gasteiger partial charge in [0.2, 0.25) is 5.91 Å². The van der Waals surface area contributed by atoms with Crippen LogP contribution in [0.3, 0.4) is 0 Å². The molecule has 100 valence electrons. The Kier molecular flexibility index (Phi) is 3.33. The van der Waals surface area contributed by atoms with Crippen molar-refractivity contribution in [3.63, 3.8) is 0 Å². The molecule has 2 N–H and O–H groups in total. The molecule has 1 saturated carbocycles. The SMILES string of the molecule is CCc1cc2c(NCC(=O)NC3CC3)ncnc2s1. The molecule has 2 aromatic heterocycles. The third-order valence-electron chi connectivity index (χ3n) is 3.09. The van der Waals surface area contributed by atoms with E-state index in [9.17, 15) is 4.79 Å². The Morgan fingerprint density at radius 1 is 1.47 bits per heavy atom. The van der Waals surface area contributed by atoms with E-state index in [1.165, 1.54) is 4.88 Å². The number of anilines is 1. The fraction of sp³-hybridized carbons (Fsp3) is 0.462. The first-order chi connectivity index (χ1) is 9.26. The van der Waals surface area contributed by atoms with Crippen LogP contribution < -0.4 is 10.6 Å². The van der Waals surface area contributed by atoms with Crippen LogP contribution in [0.5, 0.6) is 0 Å². The molecule has 6 heteroatoms. The lowest BCUT2D eigenvalue weighted by Crippen LogP contribution is -2.31. The minimum Gasteiger partial charge on any atom is -0.360 e. The monoisotopic (exact) mass is 276 g/mol. The van der Waals surface area contributed by atoms with Gasteiger partial charge in [-0.1, -0.05) is 6.92 Å². The van der Waals surface area contributed by atoms with E-state index in [-0.39, 0.29) is 12.5 Å². The van der Waals surface area contributed by atoms with E-state index in [0.717, 1.165) is 35.3 Å². The highest BCUT2D eigenvalue weighted by atomic mass is 32.1. The van der Waals surface area contributed by atoms with Crippen LogP contribution in [0.4, 0.5) is 5.82 Å². The van der Waals surface area contributed by atoms with Crippen LogP contribution in [-0.4, -0.2) is 28.5 Å². The molecule has 1 aliphatic rings. The molecule has 1 fully saturated rings. The number of carbonyl (C=O) groups is 1. The number of thiophene rings is 1. The maximum Gasteiger partial charge on any atom is 0.239 e. The summed E-state index contributed by atoms with van der Waals surface area (Å²) in [4.78, 5) is 22.4. The largest absolute Gasteiger partial charge is 0.360 e. The van der Waals surface area contributed by atoms with Gasteiger partial charge in [0.05, 0.1) is 11.9 Å². The summed E-state index contributed by atoms with van der Waals surface area (Å²) >= 11 is 1.67. The molecule has 0 unspecified atom stereocenters. The predicted molar refractivity (Wildman–Crippen MR) is 76.4 cm³/mol. The lowest BCUT2D eigenvalue weighted by atomic mass is 10.3. The zero-order valence-electron chi connectivity index (χ0n) is 10.8. The van der Waals surface area contributed by atoms with E-state index in [2.05, 4.69) is 33.6 Å². The zero-order chi connectivity index (χ0) is 13.2. The summed E-state index contributed by atoms with van der Waals surface area (Å²) in [5, 5.41) is 7.05. The number of hydrogen-bond acceptors (Lipinski definition) is 5. The second-order valence-electron chi connectivity index (χ2n) is 4.70. The number of carbonyl (C=O) groups excluding carboxylic acids is 1.